The number of aliphatic hydroxyl groups excluding tert-OH is 1. The first-order chi connectivity index (χ1) is 11.7. The summed E-state index contributed by atoms with van der Waals surface area (Å²) in [6, 6.07) is 7.34. The van der Waals surface area contributed by atoms with Gasteiger partial charge in [-0.2, -0.15) is 0 Å². The molecule has 2 N–H and O–H groups in total. The van der Waals surface area contributed by atoms with Crippen molar-refractivity contribution >= 4 is 11.8 Å². The van der Waals surface area contributed by atoms with Gasteiger partial charge in [0, 0.05) is 6.42 Å². The van der Waals surface area contributed by atoms with Gasteiger partial charge >= 0.3 is 0 Å². The van der Waals surface area contributed by atoms with Crippen LogP contribution in [0.5, 0.6) is 5.75 Å². The van der Waals surface area contributed by atoms with Gasteiger partial charge in [0.05, 0.1) is 39.0 Å². The predicted octanol–water partition coefficient (Wildman–Crippen LogP) is 0.611. The molecule has 1 unspecified atom stereocenters. The van der Waals surface area contributed by atoms with E-state index in [-0.39, 0.29) is 24.3 Å². The SMILES string of the molecule is O=C1CCC(c2cccc(OCCOCCOCCO)c2)C(=O)N1. The van der Waals surface area contributed by atoms with E-state index in [0.29, 0.717) is 51.6 Å². The lowest BCUT2D eigenvalue weighted by atomic mass is 9.90. The van der Waals surface area contributed by atoms with E-state index in [0.717, 1.165) is 5.56 Å². The number of carbonyl (C=O) groups is 2. The van der Waals surface area contributed by atoms with Crippen molar-refractivity contribution in [3.05, 3.63) is 29.8 Å². The Morgan fingerprint density at radius 3 is 2.58 bits per heavy atom. The first-order valence-electron chi connectivity index (χ1n) is 8.03. The zero-order chi connectivity index (χ0) is 17.2. The molecule has 0 radical (unpaired) electrons. The maximum Gasteiger partial charge on any atom is 0.234 e. The summed E-state index contributed by atoms with van der Waals surface area (Å²) in [5, 5.41) is 10.9. The molecule has 0 saturated carbocycles. The van der Waals surface area contributed by atoms with Crippen molar-refractivity contribution in [1.82, 2.24) is 5.32 Å². The van der Waals surface area contributed by atoms with Gasteiger partial charge in [-0.05, 0) is 24.1 Å². The Labute approximate surface area is 140 Å². The molecule has 0 spiro atoms. The van der Waals surface area contributed by atoms with Crippen LogP contribution in [0, 0.1) is 0 Å². The van der Waals surface area contributed by atoms with Crippen LogP contribution in [-0.2, 0) is 19.1 Å². The van der Waals surface area contributed by atoms with E-state index in [1.165, 1.54) is 0 Å². The second-order valence-electron chi connectivity index (χ2n) is 5.37. The van der Waals surface area contributed by atoms with Crippen molar-refractivity contribution in [2.45, 2.75) is 18.8 Å². The molecule has 7 nitrogen and oxygen atoms in total. The number of piperidine rings is 1. The highest BCUT2D eigenvalue weighted by Gasteiger charge is 2.27. The summed E-state index contributed by atoms with van der Waals surface area (Å²) in [6.45, 7) is 2.01. The highest BCUT2D eigenvalue weighted by atomic mass is 16.5. The molecule has 7 heteroatoms. The van der Waals surface area contributed by atoms with Crippen LogP contribution in [0.1, 0.15) is 24.3 Å². The van der Waals surface area contributed by atoms with Crippen LogP contribution in [-0.4, -0.2) is 56.6 Å². The van der Waals surface area contributed by atoms with Crippen LogP contribution in [0.2, 0.25) is 0 Å². The molecule has 24 heavy (non-hydrogen) atoms. The fourth-order valence-electron chi connectivity index (χ4n) is 2.44. The molecule has 1 heterocycles. The van der Waals surface area contributed by atoms with Crippen LogP contribution in [0.4, 0.5) is 0 Å². The molecule has 0 aromatic heterocycles. The van der Waals surface area contributed by atoms with Crippen LogP contribution in [0.15, 0.2) is 24.3 Å². The fraction of sp³-hybridized carbons (Fsp3) is 0.529. The Kier molecular flexibility index (Phi) is 7.67. The summed E-state index contributed by atoms with van der Waals surface area (Å²) in [6.07, 6.45) is 0.874. The summed E-state index contributed by atoms with van der Waals surface area (Å²) in [7, 11) is 0. The molecule has 1 aromatic carbocycles. The van der Waals surface area contributed by atoms with E-state index in [2.05, 4.69) is 5.32 Å². The number of aliphatic hydroxyl groups is 1. The molecule has 0 bridgehead atoms. The van der Waals surface area contributed by atoms with Gasteiger partial charge in [-0.15, -0.1) is 0 Å². The Bertz CT molecular complexity index is 548. The minimum atomic E-state index is -0.314. The van der Waals surface area contributed by atoms with E-state index in [9.17, 15) is 9.59 Å². The molecule has 1 aliphatic heterocycles. The first-order valence-corrected chi connectivity index (χ1v) is 8.03. The van der Waals surface area contributed by atoms with E-state index in [4.69, 9.17) is 19.3 Å². The number of benzene rings is 1. The average molecular weight is 337 g/mol. The van der Waals surface area contributed by atoms with Gasteiger partial charge < -0.3 is 19.3 Å². The summed E-state index contributed by atoms with van der Waals surface area (Å²) in [5.41, 5.74) is 0.843. The highest BCUT2D eigenvalue weighted by molar-refractivity contribution is 6.00. The molecule has 132 valence electrons. The molecule has 1 atom stereocenters. The number of hydrogen-bond donors (Lipinski definition) is 2. The highest BCUT2D eigenvalue weighted by Crippen LogP contribution is 2.27. The van der Waals surface area contributed by atoms with Gasteiger partial charge in [-0.3, -0.25) is 14.9 Å². The number of hydrogen-bond acceptors (Lipinski definition) is 6. The smallest absolute Gasteiger partial charge is 0.234 e. The lowest BCUT2D eigenvalue weighted by Gasteiger charge is -2.21. The lowest BCUT2D eigenvalue weighted by Crippen LogP contribution is -2.39. The number of ether oxygens (including phenoxy) is 3. The van der Waals surface area contributed by atoms with Crippen molar-refractivity contribution in [2.75, 3.05) is 39.6 Å². The standard InChI is InChI=1S/C17H23NO6/c19-6-7-22-8-9-23-10-11-24-14-3-1-2-13(12-14)15-4-5-16(20)18-17(15)21/h1-3,12,15,19H,4-11H2,(H,18,20,21). The number of carbonyl (C=O) groups excluding carboxylic acids is 2. The predicted molar refractivity (Wildman–Crippen MR) is 85.8 cm³/mol. The Hall–Kier alpha value is -1.96. The van der Waals surface area contributed by atoms with Gasteiger partial charge in [0.15, 0.2) is 0 Å². The number of rotatable bonds is 10. The average Bonchev–Trinajstić information content (AvgIpc) is 2.57. The first kappa shape index (κ1) is 18.4. The molecule has 2 rings (SSSR count). The van der Waals surface area contributed by atoms with E-state index in [1.54, 1.807) is 0 Å². The molecule has 1 aliphatic rings. The largest absolute Gasteiger partial charge is 0.491 e. The summed E-state index contributed by atoms with van der Waals surface area (Å²) < 4.78 is 16.0. The molecule has 1 saturated heterocycles. The Balaban J connectivity index is 1.73. The third-order valence-corrected chi connectivity index (χ3v) is 3.60. The monoisotopic (exact) mass is 337 g/mol. The summed E-state index contributed by atoms with van der Waals surface area (Å²) in [5.74, 6) is -0.123. The van der Waals surface area contributed by atoms with Gasteiger partial charge in [-0.1, -0.05) is 12.1 Å². The van der Waals surface area contributed by atoms with Crippen molar-refractivity contribution < 1.29 is 28.9 Å². The summed E-state index contributed by atoms with van der Waals surface area (Å²) in [4.78, 5) is 23.1. The Morgan fingerprint density at radius 2 is 1.83 bits per heavy atom. The second kappa shape index (κ2) is 10.0. The van der Waals surface area contributed by atoms with Crippen LogP contribution < -0.4 is 10.1 Å². The minimum Gasteiger partial charge on any atom is -0.491 e. The topological polar surface area (TPSA) is 94.1 Å². The third-order valence-electron chi connectivity index (χ3n) is 3.60. The normalized spacial score (nSPS) is 17.6. The quantitative estimate of drug-likeness (QED) is 0.480. The lowest BCUT2D eigenvalue weighted by molar-refractivity contribution is -0.134. The minimum absolute atomic E-state index is 0.00658. The molecule has 2 amide bonds. The maximum atomic E-state index is 11.9. The summed E-state index contributed by atoms with van der Waals surface area (Å²) >= 11 is 0. The van der Waals surface area contributed by atoms with E-state index < -0.39 is 0 Å². The van der Waals surface area contributed by atoms with Crippen molar-refractivity contribution in [2.24, 2.45) is 0 Å². The third kappa shape index (κ3) is 5.92. The molecule has 1 fully saturated rings. The molecule has 0 aliphatic carbocycles. The van der Waals surface area contributed by atoms with Crippen LogP contribution in [0.3, 0.4) is 0 Å². The van der Waals surface area contributed by atoms with E-state index in [1.807, 2.05) is 24.3 Å². The van der Waals surface area contributed by atoms with Gasteiger partial charge in [0.25, 0.3) is 0 Å². The zero-order valence-corrected chi connectivity index (χ0v) is 13.5. The second-order valence-corrected chi connectivity index (χ2v) is 5.37. The van der Waals surface area contributed by atoms with Crippen molar-refractivity contribution in [1.29, 1.82) is 0 Å². The maximum absolute atomic E-state index is 11.9. The van der Waals surface area contributed by atoms with Crippen LogP contribution >= 0.6 is 0 Å². The van der Waals surface area contributed by atoms with Gasteiger partial charge in [-0.25, -0.2) is 0 Å². The van der Waals surface area contributed by atoms with Crippen molar-refractivity contribution in [3.8, 4) is 5.75 Å². The van der Waals surface area contributed by atoms with Gasteiger partial charge in [0.1, 0.15) is 12.4 Å². The number of amides is 2. The Morgan fingerprint density at radius 1 is 1.08 bits per heavy atom. The zero-order valence-electron chi connectivity index (χ0n) is 13.5. The number of nitrogens with one attached hydrogen (secondary N) is 1. The molecular weight excluding hydrogens is 314 g/mol. The number of imide groups is 1. The van der Waals surface area contributed by atoms with Crippen molar-refractivity contribution in [3.63, 3.8) is 0 Å². The fourth-order valence-corrected chi connectivity index (χ4v) is 2.44. The molecular formula is C17H23NO6. The van der Waals surface area contributed by atoms with E-state index >= 15 is 0 Å². The van der Waals surface area contributed by atoms with Crippen LogP contribution in [0.25, 0.3) is 0 Å². The van der Waals surface area contributed by atoms with Gasteiger partial charge in [0.2, 0.25) is 11.8 Å². The molecule has 1 aromatic rings.